The maximum Gasteiger partial charge on any atom is 0.248 e. The molecular weight excluding hydrogens is 230 g/mol. The van der Waals surface area contributed by atoms with Crippen LogP contribution in [0, 0.1) is 0 Å². The van der Waals surface area contributed by atoms with Crippen LogP contribution in [0.4, 0.5) is 0 Å². The lowest BCUT2D eigenvalue weighted by Crippen LogP contribution is -2.41. The van der Waals surface area contributed by atoms with Gasteiger partial charge in [0, 0.05) is 26.2 Å². The Morgan fingerprint density at radius 1 is 1.39 bits per heavy atom. The molecule has 0 aliphatic rings. The molecule has 1 unspecified atom stereocenters. The van der Waals surface area contributed by atoms with Crippen molar-refractivity contribution in [2.45, 2.75) is 19.5 Å². The molecule has 0 spiro atoms. The smallest absolute Gasteiger partial charge is 0.248 e. The van der Waals surface area contributed by atoms with E-state index < -0.39 is 5.91 Å². The molecule has 1 aromatic rings. The minimum atomic E-state index is -0.450. The fraction of sp³-hybridized carbons (Fsp3) is 0.385. The molecule has 3 N–H and O–H groups in total. The Balaban J connectivity index is 2.61. The maximum atomic E-state index is 11.6. The van der Waals surface area contributed by atoms with Crippen molar-refractivity contribution in [3.05, 3.63) is 35.4 Å². The van der Waals surface area contributed by atoms with Crippen molar-refractivity contribution in [2.75, 3.05) is 14.1 Å². The van der Waals surface area contributed by atoms with Crippen LogP contribution in [-0.4, -0.2) is 36.9 Å². The Morgan fingerprint density at radius 3 is 2.61 bits per heavy atom. The predicted octanol–water partition coefficient (Wildman–Crippen LogP) is 0.352. The first-order valence-electron chi connectivity index (χ1n) is 5.75. The molecule has 5 heteroatoms. The normalized spacial score (nSPS) is 11.9. The summed E-state index contributed by atoms with van der Waals surface area (Å²) in [7, 11) is 3.43. The Kier molecular flexibility index (Phi) is 4.85. The molecule has 1 aromatic carbocycles. The zero-order valence-electron chi connectivity index (χ0n) is 10.9. The van der Waals surface area contributed by atoms with Crippen molar-refractivity contribution in [3.63, 3.8) is 0 Å². The number of benzene rings is 1. The minimum Gasteiger partial charge on any atom is -0.366 e. The standard InChI is InChI=1S/C13H19N3O2/c1-9(13(18)16(2)3)15-8-10-5-4-6-11(7-10)12(14)17/h4-7,9,15H,8H2,1-3H3,(H2,14,17). The van der Waals surface area contributed by atoms with Crippen molar-refractivity contribution >= 4 is 11.8 Å². The number of hydrogen-bond donors (Lipinski definition) is 2. The number of nitrogens with two attached hydrogens (primary N) is 1. The highest BCUT2D eigenvalue weighted by molar-refractivity contribution is 5.92. The van der Waals surface area contributed by atoms with Crippen LogP contribution in [0.15, 0.2) is 24.3 Å². The lowest BCUT2D eigenvalue weighted by Gasteiger charge is -2.18. The summed E-state index contributed by atoms with van der Waals surface area (Å²) in [5.41, 5.74) is 6.60. The quantitative estimate of drug-likeness (QED) is 0.790. The molecule has 0 aromatic heterocycles. The summed E-state index contributed by atoms with van der Waals surface area (Å²) in [6.07, 6.45) is 0. The summed E-state index contributed by atoms with van der Waals surface area (Å²) in [6, 6.07) is 6.78. The molecular formula is C13H19N3O2. The summed E-state index contributed by atoms with van der Waals surface area (Å²) >= 11 is 0. The van der Waals surface area contributed by atoms with Gasteiger partial charge in [0.15, 0.2) is 0 Å². The second kappa shape index (κ2) is 6.16. The summed E-state index contributed by atoms with van der Waals surface area (Å²) in [4.78, 5) is 24.2. The average Bonchev–Trinajstić information content (AvgIpc) is 2.35. The Bertz CT molecular complexity index is 444. The molecule has 18 heavy (non-hydrogen) atoms. The monoisotopic (exact) mass is 249 g/mol. The van der Waals surface area contributed by atoms with Crippen LogP contribution in [0.25, 0.3) is 0 Å². The minimum absolute atomic E-state index is 0.0149. The molecule has 0 aliphatic heterocycles. The third kappa shape index (κ3) is 3.85. The van der Waals surface area contributed by atoms with Crippen LogP contribution in [0.1, 0.15) is 22.8 Å². The van der Waals surface area contributed by atoms with Gasteiger partial charge in [0.05, 0.1) is 6.04 Å². The summed E-state index contributed by atoms with van der Waals surface area (Å²) in [5, 5.41) is 3.10. The third-order valence-electron chi connectivity index (χ3n) is 2.64. The highest BCUT2D eigenvalue weighted by Crippen LogP contribution is 2.05. The number of rotatable bonds is 5. The van der Waals surface area contributed by atoms with Crippen LogP contribution in [0.2, 0.25) is 0 Å². The molecule has 0 radical (unpaired) electrons. The average molecular weight is 249 g/mol. The van der Waals surface area contributed by atoms with Crippen molar-refractivity contribution in [1.29, 1.82) is 0 Å². The number of nitrogens with one attached hydrogen (secondary N) is 1. The van der Waals surface area contributed by atoms with Crippen LogP contribution in [0.5, 0.6) is 0 Å². The van der Waals surface area contributed by atoms with Crippen LogP contribution in [-0.2, 0) is 11.3 Å². The Labute approximate surface area is 107 Å². The van der Waals surface area contributed by atoms with Gasteiger partial charge < -0.3 is 16.0 Å². The molecule has 0 fully saturated rings. The summed E-state index contributed by atoms with van der Waals surface area (Å²) in [5.74, 6) is -0.435. The molecule has 2 amide bonds. The van der Waals surface area contributed by atoms with Gasteiger partial charge in [-0.15, -0.1) is 0 Å². The molecule has 0 saturated carbocycles. The zero-order chi connectivity index (χ0) is 13.7. The first-order valence-corrected chi connectivity index (χ1v) is 5.75. The van der Waals surface area contributed by atoms with Gasteiger partial charge in [0.1, 0.15) is 0 Å². The number of likely N-dealkylation sites (N-methyl/N-ethyl adjacent to an activating group) is 1. The number of primary amides is 1. The number of hydrogen-bond acceptors (Lipinski definition) is 3. The van der Waals surface area contributed by atoms with E-state index in [9.17, 15) is 9.59 Å². The summed E-state index contributed by atoms with van der Waals surface area (Å²) < 4.78 is 0. The van der Waals surface area contributed by atoms with Crippen molar-refractivity contribution < 1.29 is 9.59 Å². The van der Waals surface area contributed by atoms with E-state index >= 15 is 0 Å². The molecule has 1 atom stereocenters. The second-order valence-corrected chi connectivity index (χ2v) is 4.40. The van der Waals surface area contributed by atoms with Gasteiger partial charge in [0.25, 0.3) is 0 Å². The fourth-order valence-electron chi connectivity index (χ4n) is 1.58. The SMILES string of the molecule is CC(NCc1cccc(C(N)=O)c1)C(=O)N(C)C. The first-order chi connectivity index (χ1) is 8.41. The third-order valence-corrected chi connectivity index (χ3v) is 2.64. The van der Waals surface area contributed by atoms with Crippen LogP contribution >= 0.6 is 0 Å². The van der Waals surface area contributed by atoms with E-state index in [2.05, 4.69) is 5.32 Å². The second-order valence-electron chi connectivity index (χ2n) is 4.40. The number of carbonyl (C=O) groups excluding carboxylic acids is 2. The van der Waals surface area contributed by atoms with Gasteiger partial charge in [-0.25, -0.2) is 0 Å². The van der Waals surface area contributed by atoms with E-state index in [-0.39, 0.29) is 11.9 Å². The van der Waals surface area contributed by atoms with Crippen LogP contribution < -0.4 is 11.1 Å². The van der Waals surface area contributed by atoms with Gasteiger partial charge in [-0.3, -0.25) is 9.59 Å². The molecule has 0 bridgehead atoms. The van der Waals surface area contributed by atoms with Gasteiger partial charge in [-0.1, -0.05) is 12.1 Å². The van der Waals surface area contributed by atoms with Crippen molar-refractivity contribution in [3.8, 4) is 0 Å². The highest BCUT2D eigenvalue weighted by Gasteiger charge is 2.13. The fourth-order valence-corrected chi connectivity index (χ4v) is 1.58. The van der Waals surface area contributed by atoms with Gasteiger partial charge >= 0.3 is 0 Å². The molecule has 0 saturated heterocycles. The van der Waals surface area contributed by atoms with E-state index in [0.29, 0.717) is 12.1 Å². The summed E-state index contributed by atoms with van der Waals surface area (Å²) in [6.45, 7) is 2.32. The maximum absolute atomic E-state index is 11.6. The van der Waals surface area contributed by atoms with Crippen molar-refractivity contribution in [1.82, 2.24) is 10.2 Å². The lowest BCUT2D eigenvalue weighted by atomic mass is 10.1. The van der Waals surface area contributed by atoms with E-state index in [1.807, 2.05) is 6.07 Å². The van der Waals surface area contributed by atoms with E-state index in [0.717, 1.165) is 5.56 Å². The lowest BCUT2D eigenvalue weighted by molar-refractivity contribution is -0.130. The highest BCUT2D eigenvalue weighted by atomic mass is 16.2. The van der Waals surface area contributed by atoms with E-state index in [1.54, 1.807) is 39.2 Å². The number of amides is 2. The molecule has 5 nitrogen and oxygen atoms in total. The van der Waals surface area contributed by atoms with Crippen LogP contribution in [0.3, 0.4) is 0 Å². The largest absolute Gasteiger partial charge is 0.366 e. The van der Waals surface area contributed by atoms with Gasteiger partial charge in [-0.2, -0.15) is 0 Å². The van der Waals surface area contributed by atoms with E-state index in [4.69, 9.17) is 5.73 Å². The topological polar surface area (TPSA) is 75.4 Å². The van der Waals surface area contributed by atoms with Gasteiger partial charge in [0.2, 0.25) is 11.8 Å². The number of nitrogens with zero attached hydrogens (tertiary/aromatic N) is 1. The van der Waals surface area contributed by atoms with Gasteiger partial charge in [-0.05, 0) is 24.6 Å². The molecule has 1 rings (SSSR count). The number of carbonyl (C=O) groups is 2. The Morgan fingerprint density at radius 2 is 2.06 bits per heavy atom. The van der Waals surface area contributed by atoms with E-state index in [1.165, 1.54) is 4.90 Å². The molecule has 0 heterocycles. The molecule has 98 valence electrons. The zero-order valence-corrected chi connectivity index (χ0v) is 10.9. The Hall–Kier alpha value is -1.88. The first kappa shape index (κ1) is 14.2. The molecule has 0 aliphatic carbocycles. The van der Waals surface area contributed by atoms with Crippen molar-refractivity contribution in [2.24, 2.45) is 5.73 Å². The predicted molar refractivity (Wildman–Crippen MR) is 70.0 cm³/mol.